The van der Waals surface area contributed by atoms with Gasteiger partial charge in [-0.1, -0.05) is 0 Å². The van der Waals surface area contributed by atoms with E-state index in [1.807, 2.05) is 6.07 Å². The fraction of sp³-hybridized carbons (Fsp3) is 0.409. The zero-order valence-electron chi connectivity index (χ0n) is 19.2. The van der Waals surface area contributed by atoms with Crippen LogP contribution in [0.4, 0.5) is 4.39 Å². The smallest absolute Gasteiger partial charge is 0.286 e. The predicted molar refractivity (Wildman–Crippen MR) is 127 cm³/mol. The molecule has 1 saturated carbocycles. The Morgan fingerprint density at radius 3 is 2.59 bits per heavy atom. The normalized spacial score (nSPS) is 14.7. The van der Waals surface area contributed by atoms with Crippen LogP contribution in [0.25, 0.3) is 10.9 Å². The van der Waals surface area contributed by atoms with Crippen LogP contribution in [-0.4, -0.2) is 45.9 Å². The second-order valence-corrected chi connectivity index (χ2v) is 9.66. The molecule has 0 radical (unpaired) electrons. The Labute approximate surface area is 198 Å². The first kappa shape index (κ1) is 22.5. The molecular weight excluding hydrogens is 459 g/mol. The van der Waals surface area contributed by atoms with Gasteiger partial charge in [0.2, 0.25) is 0 Å². The highest BCUT2D eigenvalue weighted by Gasteiger charge is 2.42. The first-order valence-corrected chi connectivity index (χ1v) is 11.7. The summed E-state index contributed by atoms with van der Waals surface area (Å²) in [6.45, 7) is 1.62. The molecule has 4 aromatic rings. The lowest BCUT2D eigenvalue weighted by Gasteiger charge is -2.15. The molecule has 1 aliphatic rings. The second-order valence-electron chi connectivity index (χ2n) is 8.78. The van der Waals surface area contributed by atoms with Crippen molar-refractivity contribution < 1.29 is 4.39 Å². The lowest BCUT2D eigenvalue weighted by molar-refractivity contribution is 0.402. The van der Waals surface area contributed by atoms with Crippen LogP contribution in [0.2, 0.25) is 0 Å². The molecule has 0 bridgehead atoms. The average Bonchev–Trinajstić information content (AvgIpc) is 3.38. The van der Waals surface area contributed by atoms with Gasteiger partial charge < -0.3 is 0 Å². The number of aryl methyl sites for hydroxylation is 3. The van der Waals surface area contributed by atoms with Crippen molar-refractivity contribution >= 4 is 22.9 Å². The quantitative estimate of drug-likeness (QED) is 0.378. The number of halogens is 1. The minimum Gasteiger partial charge on any atom is -0.286 e. The van der Waals surface area contributed by atoms with Gasteiger partial charge in [-0.3, -0.25) is 28.0 Å². The molecule has 1 fully saturated rings. The number of alkyl halides is 1. The summed E-state index contributed by atoms with van der Waals surface area (Å²) in [5.74, 6) is 1.20. The summed E-state index contributed by atoms with van der Waals surface area (Å²) in [4.78, 5) is 32.2. The highest BCUT2D eigenvalue weighted by Crippen LogP contribution is 2.38. The number of rotatable bonds is 8. The summed E-state index contributed by atoms with van der Waals surface area (Å²) in [5, 5.41) is 8.82. The molecular formula is C22H25FN8O2S. The number of nitrogens with one attached hydrogen (secondary N) is 1. The van der Waals surface area contributed by atoms with Crippen molar-refractivity contribution in [2.45, 2.75) is 43.3 Å². The lowest BCUT2D eigenvalue weighted by atomic mass is 10.2. The van der Waals surface area contributed by atoms with Gasteiger partial charge in [0.05, 0.1) is 35.7 Å². The third-order valence-corrected chi connectivity index (χ3v) is 7.07. The highest BCUT2D eigenvalue weighted by atomic mass is 32.2. The van der Waals surface area contributed by atoms with E-state index in [0.717, 1.165) is 23.3 Å². The largest absolute Gasteiger partial charge is 0.332 e. The van der Waals surface area contributed by atoms with Crippen molar-refractivity contribution in [1.82, 2.24) is 38.4 Å². The minimum atomic E-state index is -0.470. The molecule has 0 unspecified atom stereocenters. The summed E-state index contributed by atoms with van der Waals surface area (Å²) in [6, 6.07) is 5.34. The maximum Gasteiger partial charge on any atom is 0.332 e. The Balaban J connectivity index is 1.62. The highest BCUT2D eigenvalue weighted by molar-refractivity contribution is 7.97. The molecule has 0 saturated heterocycles. The molecule has 3 aromatic heterocycles. The molecule has 178 valence electrons. The van der Waals surface area contributed by atoms with Gasteiger partial charge in [0.15, 0.2) is 0 Å². The fourth-order valence-electron chi connectivity index (χ4n) is 3.91. The van der Waals surface area contributed by atoms with E-state index in [0.29, 0.717) is 22.6 Å². The van der Waals surface area contributed by atoms with Gasteiger partial charge in [0, 0.05) is 30.8 Å². The molecule has 0 aliphatic heterocycles. The first-order valence-electron chi connectivity index (χ1n) is 10.9. The third kappa shape index (κ3) is 4.18. The Kier molecular flexibility index (Phi) is 5.64. The minimum absolute atomic E-state index is 0.0971. The van der Waals surface area contributed by atoms with E-state index in [1.165, 1.54) is 16.5 Å². The van der Waals surface area contributed by atoms with Crippen molar-refractivity contribution in [3.05, 3.63) is 68.6 Å². The Bertz CT molecular complexity index is 1500. The molecule has 5 rings (SSSR count). The maximum absolute atomic E-state index is 13.5. The van der Waals surface area contributed by atoms with E-state index in [4.69, 9.17) is 0 Å². The monoisotopic (exact) mass is 484 g/mol. The van der Waals surface area contributed by atoms with Gasteiger partial charge in [0.25, 0.3) is 5.56 Å². The van der Waals surface area contributed by atoms with Crippen LogP contribution in [0.1, 0.15) is 30.1 Å². The first-order chi connectivity index (χ1) is 16.3. The summed E-state index contributed by atoms with van der Waals surface area (Å²) in [7, 11) is 3.55. The average molecular weight is 485 g/mol. The standard InChI is InChI=1S/C22H25FN8O2S/c1-14-25-19(29(3)26-14)12-30-18-5-4-16(34-27-22(13-23)6-7-22)8-17(18)20(32)31(21(30)33)11-15-9-24-28(2)10-15/h4-5,8-10,27H,6-7,11-13H2,1-3H3. The predicted octanol–water partition coefficient (Wildman–Crippen LogP) is 1.53. The van der Waals surface area contributed by atoms with E-state index in [-0.39, 0.29) is 18.6 Å². The van der Waals surface area contributed by atoms with E-state index >= 15 is 0 Å². The van der Waals surface area contributed by atoms with Crippen molar-refractivity contribution in [2.24, 2.45) is 14.1 Å². The molecule has 1 N–H and O–H groups in total. The van der Waals surface area contributed by atoms with Crippen molar-refractivity contribution in [2.75, 3.05) is 6.67 Å². The molecule has 34 heavy (non-hydrogen) atoms. The number of aromatic nitrogens is 7. The van der Waals surface area contributed by atoms with Gasteiger partial charge in [-0.25, -0.2) is 14.2 Å². The van der Waals surface area contributed by atoms with Gasteiger partial charge in [-0.2, -0.15) is 10.2 Å². The summed E-state index contributed by atoms with van der Waals surface area (Å²) in [6.07, 6.45) is 4.99. The van der Waals surface area contributed by atoms with Crippen molar-refractivity contribution in [3.8, 4) is 0 Å². The zero-order valence-corrected chi connectivity index (χ0v) is 20.0. The van der Waals surface area contributed by atoms with Crippen LogP contribution < -0.4 is 16.0 Å². The fourth-order valence-corrected chi connectivity index (χ4v) is 4.82. The maximum atomic E-state index is 13.5. The lowest BCUT2D eigenvalue weighted by Crippen LogP contribution is -2.40. The second kappa shape index (κ2) is 8.51. The SMILES string of the molecule is Cc1nc(Cn2c(=O)n(Cc3cnn(C)c3)c(=O)c3cc(SNC4(CF)CC4)ccc32)n(C)n1. The number of nitrogens with zero attached hydrogens (tertiary/aromatic N) is 7. The van der Waals surface area contributed by atoms with Crippen LogP contribution >= 0.6 is 11.9 Å². The Hall–Kier alpha value is -3.25. The molecule has 12 heteroatoms. The Morgan fingerprint density at radius 1 is 1.18 bits per heavy atom. The van der Waals surface area contributed by atoms with Gasteiger partial charge in [-0.15, -0.1) is 0 Å². The molecule has 0 spiro atoms. The van der Waals surface area contributed by atoms with Crippen LogP contribution in [-0.2, 0) is 27.2 Å². The number of hydrogen-bond acceptors (Lipinski definition) is 7. The van der Waals surface area contributed by atoms with Gasteiger partial charge in [-0.05, 0) is 49.9 Å². The van der Waals surface area contributed by atoms with Crippen LogP contribution in [0.3, 0.4) is 0 Å². The number of benzene rings is 1. The summed E-state index contributed by atoms with van der Waals surface area (Å²) < 4.78 is 22.5. The number of hydrogen-bond donors (Lipinski definition) is 1. The number of fused-ring (bicyclic) bond motifs is 1. The van der Waals surface area contributed by atoms with Crippen LogP contribution in [0.5, 0.6) is 0 Å². The molecule has 1 aromatic carbocycles. The van der Waals surface area contributed by atoms with E-state index in [1.54, 1.807) is 59.5 Å². The molecule has 0 amide bonds. The van der Waals surface area contributed by atoms with Crippen molar-refractivity contribution in [3.63, 3.8) is 0 Å². The third-order valence-electron chi connectivity index (χ3n) is 6.05. The van der Waals surface area contributed by atoms with Crippen LogP contribution in [0.15, 0.2) is 45.1 Å². The van der Waals surface area contributed by atoms with E-state index < -0.39 is 17.9 Å². The van der Waals surface area contributed by atoms with Gasteiger partial charge >= 0.3 is 5.69 Å². The van der Waals surface area contributed by atoms with E-state index in [9.17, 15) is 14.0 Å². The van der Waals surface area contributed by atoms with E-state index in [2.05, 4.69) is 19.9 Å². The molecule has 0 atom stereocenters. The molecule has 10 nitrogen and oxygen atoms in total. The topological polar surface area (TPSA) is 105 Å². The zero-order chi connectivity index (χ0) is 24.0. The molecule has 1 aliphatic carbocycles. The summed E-state index contributed by atoms with van der Waals surface area (Å²) in [5.41, 5.74) is -0.0395. The Morgan fingerprint density at radius 2 is 1.97 bits per heavy atom. The molecule has 3 heterocycles. The van der Waals surface area contributed by atoms with Crippen molar-refractivity contribution in [1.29, 1.82) is 0 Å². The van der Waals surface area contributed by atoms with Gasteiger partial charge in [0.1, 0.15) is 18.3 Å². The van der Waals surface area contributed by atoms with Crippen LogP contribution in [0, 0.1) is 6.92 Å². The summed E-state index contributed by atoms with van der Waals surface area (Å²) >= 11 is 1.31.